The predicted molar refractivity (Wildman–Crippen MR) is 118 cm³/mol. The highest BCUT2D eigenvalue weighted by atomic mass is 32.2. The molecule has 0 aromatic heterocycles. The van der Waals surface area contributed by atoms with Crippen molar-refractivity contribution in [2.24, 2.45) is 0 Å². The van der Waals surface area contributed by atoms with Gasteiger partial charge in [0, 0.05) is 48.2 Å². The van der Waals surface area contributed by atoms with Gasteiger partial charge in [0.1, 0.15) is 0 Å². The van der Waals surface area contributed by atoms with Crippen LogP contribution in [-0.4, -0.2) is 36.1 Å². The highest BCUT2D eigenvalue weighted by molar-refractivity contribution is 7.99. The van der Waals surface area contributed by atoms with Gasteiger partial charge in [0.15, 0.2) is 0 Å². The fourth-order valence-corrected chi connectivity index (χ4v) is 4.34. The average Bonchev–Trinajstić information content (AvgIpc) is 3.60. The van der Waals surface area contributed by atoms with Gasteiger partial charge in [0.25, 0.3) is 5.91 Å². The maximum Gasteiger partial charge on any atom is 0.251 e. The Bertz CT molecular complexity index is 941. The van der Waals surface area contributed by atoms with Crippen LogP contribution in [0.2, 0.25) is 0 Å². The van der Waals surface area contributed by atoms with Crippen LogP contribution in [-0.2, 0) is 16.1 Å². The molecule has 30 heavy (non-hydrogen) atoms. The molecule has 156 valence electrons. The monoisotopic (exact) mass is 423 g/mol. The fraction of sp³-hybridized carbons (Fsp3) is 0.348. The zero-order valence-electron chi connectivity index (χ0n) is 16.7. The molecule has 6 nitrogen and oxygen atoms in total. The van der Waals surface area contributed by atoms with Crippen LogP contribution in [0.4, 0.5) is 5.69 Å². The predicted octanol–water partition coefficient (Wildman–Crippen LogP) is 3.11. The largest absolute Gasteiger partial charge is 0.352 e. The number of rotatable bonds is 7. The number of para-hydroxylation sites is 1. The van der Waals surface area contributed by atoms with E-state index < -0.39 is 0 Å². The average molecular weight is 424 g/mol. The first-order chi connectivity index (χ1) is 14.6. The number of carbonyl (C=O) groups is 3. The summed E-state index contributed by atoms with van der Waals surface area (Å²) < 4.78 is 0. The van der Waals surface area contributed by atoms with E-state index in [1.54, 1.807) is 28.8 Å². The molecule has 1 heterocycles. The second-order valence-corrected chi connectivity index (χ2v) is 8.72. The second-order valence-electron chi connectivity index (χ2n) is 7.58. The summed E-state index contributed by atoms with van der Waals surface area (Å²) in [5.41, 5.74) is 2.48. The number of benzene rings is 2. The van der Waals surface area contributed by atoms with E-state index in [1.165, 1.54) is 0 Å². The van der Waals surface area contributed by atoms with Crippen LogP contribution in [0.3, 0.4) is 0 Å². The maximum atomic E-state index is 12.6. The quantitative estimate of drug-likeness (QED) is 0.717. The van der Waals surface area contributed by atoms with Gasteiger partial charge >= 0.3 is 0 Å². The summed E-state index contributed by atoms with van der Waals surface area (Å²) in [6.45, 7) is 1.05. The van der Waals surface area contributed by atoms with Crippen LogP contribution in [0.1, 0.15) is 41.6 Å². The van der Waals surface area contributed by atoms with E-state index in [0.29, 0.717) is 24.7 Å². The van der Waals surface area contributed by atoms with Gasteiger partial charge in [-0.3, -0.25) is 14.4 Å². The van der Waals surface area contributed by atoms with E-state index in [1.807, 2.05) is 36.4 Å². The number of hydrogen-bond donors (Lipinski definition) is 2. The van der Waals surface area contributed by atoms with Crippen LogP contribution >= 0.6 is 11.8 Å². The van der Waals surface area contributed by atoms with E-state index in [0.717, 1.165) is 34.7 Å². The van der Waals surface area contributed by atoms with Crippen molar-refractivity contribution in [3.8, 4) is 0 Å². The van der Waals surface area contributed by atoms with Crippen molar-refractivity contribution in [2.45, 2.75) is 43.2 Å². The molecule has 1 aliphatic carbocycles. The molecule has 2 N–H and O–H groups in total. The van der Waals surface area contributed by atoms with E-state index >= 15 is 0 Å². The minimum absolute atomic E-state index is 0.0241. The number of carbonyl (C=O) groups excluding carboxylic acids is 3. The fourth-order valence-electron chi connectivity index (χ4n) is 3.34. The number of anilines is 1. The molecular formula is C23H25N3O3S. The Morgan fingerprint density at radius 3 is 2.53 bits per heavy atom. The smallest absolute Gasteiger partial charge is 0.251 e. The van der Waals surface area contributed by atoms with Gasteiger partial charge in [-0.1, -0.05) is 24.3 Å². The van der Waals surface area contributed by atoms with Gasteiger partial charge in [-0.25, -0.2) is 0 Å². The summed E-state index contributed by atoms with van der Waals surface area (Å²) in [7, 11) is 0. The van der Waals surface area contributed by atoms with Crippen molar-refractivity contribution >= 4 is 35.2 Å². The highest BCUT2D eigenvalue weighted by Crippen LogP contribution is 2.34. The molecule has 4 rings (SSSR count). The molecule has 0 saturated heterocycles. The molecule has 2 aliphatic rings. The van der Waals surface area contributed by atoms with E-state index in [-0.39, 0.29) is 30.6 Å². The number of thioether (sulfide) groups is 1. The third-order valence-corrected chi connectivity index (χ3v) is 6.26. The second kappa shape index (κ2) is 9.34. The van der Waals surface area contributed by atoms with Gasteiger partial charge in [0.2, 0.25) is 11.8 Å². The lowest BCUT2D eigenvalue weighted by Crippen LogP contribution is -2.36. The summed E-state index contributed by atoms with van der Waals surface area (Å²) >= 11 is 1.75. The molecule has 7 heteroatoms. The topological polar surface area (TPSA) is 78.5 Å². The van der Waals surface area contributed by atoms with Crippen LogP contribution in [0.15, 0.2) is 53.4 Å². The van der Waals surface area contributed by atoms with Crippen molar-refractivity contribution in [3.63, 3.8) is 0 Å². The number of nitrogens with zero attached hydrogens (tertiary/aromatic N) is 1. The zero-order chi connectivity index (χ0) is 20.9. The van der Waals surface area contributed by atoms with Gasteiger partial charge in [-0.15, -0.1) is 11.8 Å². The molecule has 0 spiro atoms. The van der Waals surface area contributed by atoms with Crippen molar-refractivity contribution in [1.82, 2.24) is 10.6 Å². The Morgan fingerprint density at radius 1 is 1.00 bits per heavy atom. The SMILES string of the molecule is O=C(CCC(=O)N1CCSc2ccccc21)NCc1ccc(C(=O)NC2CC2)cc1. The molecule has 0 radical (unpaired) electrons. The first-order valence-corrected chi connectivity index (χ1v) is 11.3. The summed E-state index contributed by atoms with van der Waals surface area (Å²) in [4.78, 5) is 39.7. The Balaban J connectivity index is 1.22. The lowest BCUT2D eigenvalue weighted by Gasteiger charge is -2.29. The normalized spacial score (nSPS) is 15.3. The highest BCUT2D eigenvalue weighted by Gasteiger charge is 2.24. The van der Waals surface area contributed by atoms with E-state index in [2.05, 4.69) is 10.6 Å². The number of amides is 3. The molecule has 0 bridgehead atoms. The summed E-state index contributed by atoms with van der Waals surface area (Å²) in [6.07, 6.45) is 2.46. The molecule has 1 aliphatic heterocycles. The molecular weight excluding hydrogens is 398 g/mol. The van der Waals surface area contributed by atoms with Gasteiger partial charge < -0.3 is 15.5 Å². The van der Waals surface area contributed by atoms with Gasteiger partial charge in [0.05, 0.1) is 5.69 Å². The third kappa shape index (κ3) is 5.21. The Kier molecular flexibility index (Phi) is 6.38. The van der Waals surface area contributed by atoms with Gasteiger partial charge in [-0.05, 0) is 42.7 Å². The minimum atomic E-state index is -0.154. The Hall–Kier alpha value is -2.80. The van der Waals surface area contributed by atoms with Crippen molar-refractivity contribution in [3.05, 3.63) is 59.7 Å². The van der Waals surface area contributed by atoms with E-state index in [9.17, 15) is 14.4 Å². The zero-order valence-corrected chi connectivity index (χ0v) is 17.5. The Morgan fingerprint density at radius 2 is 1.77 bits per heavy atom. The molecule has 3 amide bonds. The van der Waals surface area contributed by atoms with Crippen LogP contribution in [0.25, 0.3) is 0 Å². The lowest BCUT2D eigenvalue weighted by atomic mass is 10.1. The summed E-state index contributed by atoms with van der Waals surface area (Å²) in [5.74, 6) is 0.635. The standard InChI is InChI=1S/C23H25N3O3S/c27-21(11-12-22(28)26-13-14-30-20-4-2-1-3-19(20)26)24-15-16-5-7-17(8-6-16)23(29)25-18-9-10-18/h1-8,18H,9-15H2,(H,24,27)(H,25,29). The molecule has 0 unspecified atom stereocenters. The van der Waals surface area contributed by atoms with Crippen molar-refractivity contribution in [1.29, 1.82) is 0 Å². The van der Waals surface area contributed by atoms with Gasteiger partial charge in [-0.2, -0.15) is 0 Å². The Labute approximate surface area is 180 Å². The summed E-state index contributed by atoms with van der Waals surface area (Å²) in [6, 6.07) is 15.4. The maximum absolute atomic E-state index is 12.6. The van der Waals surface area contributed by atoms with Crippen LogP contribution in [0, 0.1) is 0 Å². The molecule has 1 fully saturated rings. The van der Waals surface area contributed by atoms with E-state index in [4.69, 9.17) is 0 Å². The van der Waals surface area contributed by atoms with Crippen LogP contribution < -0.4 is 15.5 Å². The number of nitrogens with one attached hydrogen (secondary N) is 2. The summed E-state index contributed by atoms with van der Waals surface area (Å²) in [5, 5.41) is 5.81. The number of hydrogen-bond acceptors (Lipinski definition) is 4. The molecule has 0 atom stereocenters. The first-order valence-electron chi connectivity index (χ1n) is 10.3. The molecule has 2 aromatic rings. The van der Waals surface area contributed by atoms with Crippen molar-refractivity contribution < 1.29 is 14.4 Å². The van der Waals surface area contributed by atoms with Crippen LogP contribution in [0.5, 0.6) is 0 Å². The molecule has 1 saturated carbocycles. The minimum Gasteiger partial charge on any atom is -0.352 e. The first kappa shape index (κ1) is 20.5. The third-order valence-electron chi connectivity index (χ3n) is 5.21. The molecule has 2 aromatic carbocycles. The number of fused-ring (bicyclic) bond motifs is 1. The lowest BCUT2D eigenvalue weighted by molar-refractivity contribution is -0.125. The van der Waals surface area contributed by atoms with Crippen molar-refractivity contribution in [2.75, 3.05) is 17.2 Å².